The number of hydrogen-bond acceptors (Lipinski definition) is 5. The predicted molar refractivity (Wildman–Crippen MR) is 120 cm³/mol. The van der Waals surface area contributed by atoms with Crippen LogP contribution in [0.2, 0.25) is 0 Å². The van der Waals surface area contributed by atoms with Crippen LogP contribution in [0.5, 0.6) is 11.5 Å². The molecule has 32 heavy (non-hydrogen) atoms. The zero-order chi connectivity index (χ0) is 21.9. The highest BCUT2D eigenvalue weighted by molar-refractivity contribution is 6.00. The van der Waals surface area contributed by atoms with Gasteiger partial charge in [-0.15, -0.1) is 0 Å². The van der Waals surface area contributed by atoms with E-state index in [9.17, 15) is 4.79 Å². The summed E-state index contributed by atoms with van der Waals surface area (Å²) in [5, 5.41) is 7.77. The SMILES string of the molecule is C[C@@H](NC(=O)c1cn(-c2ccccc2)nc1-c1cccnc1)c1ccc2c(c1)OCCO2. The van der Waals surface area contributed by atoms with Crippen LogP contribution in [0, 0.1) is 0 Å². The van der Waals surface area contributed by atoms with Gasteiger partial charge in [-0.05, 0) is 48.9 Å². The third-order valence-electron chi connectivity index (χ3n) is 5.33. The summed E-state index contributed by atoms with van der Waals surface area (Å²) in [4.78, 5) is 17.5. The zero-order valence-electron chi connectivity index (χ0n) is 17.6. The van der Waals surface area contributed by atoms with Crippen molar-refractivity contribution in [3.63, 3.8) is 0 Å². The standard InChI is InChI=1S/C25H22N4O3/c1-17(18-9-10-22-23(14-18)32-13-12-31-22)27-25(30)21-16-29(20-7-3-2-4-8-20)28-24(21)19-6-5-11-26-15-19/h2-11,14-17H,12-13H2,1H3,(H,27,30)/t17-/m1/s1. The second kappa shape index (κ2) is 8.55. The molecule has 4 aromatic rings. The summed E-state index contributed by atoms with van der Waals surface area (Å²) in [6, 6.07) is 18.9. The summed E-state index contributed by atoms with van der Waals surface area (Å²) in [5.74, 6) is 1.21. The lowest BCUT2D eigenvalue weighted by Crippen LogP contribution is -2.27. The maximum absolute atomic E-state index is 13.3. The van der Waals surface area contributed by atoms with Crippen molar-refractivity contribution in [2.75, 3.05) is 13.2 Å². The third kappa shape index (κ3) is 3.92. The fourth-order valence-electron chi connectivity index (χ4n) is 3.66. The van der Waals surface area contributed by atoms with Gasteiger partial charge in [0.1, 0.15) is 18.9 Å². The number of nitrogens with zero attached hydrogens (tertiary/aromatic N) is 3. The number of benzene rings is 2. The van der Waals surface area contributed by atoms with Crippen molar-refractivity contribution in [2.24, 2.45) is 0 Å². The number of amides is 1. The van der Waals surface area contributed by atoms with Gasteiger partial charge >= 0.3 is 0 Å². The van der Waals surface area contributed by atoms with Gasteiger partial charge in [0.2, 0.25) is 0 Å². The molecule has 0 saturated heterocycles. The molecule has 2 aromatic heterocycles. The molecule has 1 atom stereocenters. The lowest BCUT2D eigenvalue weighted by Gasteiger charge is -2.21. The van der Waals surface area contributed by atoms with Crippen LogP contribution in [0.1, 0.15) is 28.9 Å². The van der Waals surface area contributed by atoms with Gasteiger partial charge < -0.3 is 14.8 Å². The van der Waals surface area contributed by atoms with E-state index in [1.165, 1.54) is 0 Å². The molecule has 1 aliphatic rings. The number of fused-ring (bicyclic) bond motifs is 1. The van der Waals surface area contributed by atoms with Gasteiger partial charge in [-0.25, -0.2) is 4.68 Å². The molecule has 0 bridgehead atoms. The number of rotatable bonds is 5. The Labute approximate surface area is 185 Å². The molecule has 0 spiro atoms. The van der Waals surface area contributed by atoms with E-state index in [2.05, 4.69) is 15.4 Å². The number of ether oxygens (including phenoxy) is 2. The van der Waals surface area contributed by atoms with E-state index in [0.29, 0.717) is 30.2 Å². The van der Waals surface area contributed by atoms with Crippen molar-refractivity contribution in [3.8, 4) is 28.4 Å². The summed E-state index contributed by atoms with van der Waals surface area (Å²) in [7, 11) is 0. The largest absolute Gasteiger partial charge is 0.486 e. The molecular weight excluding hydrogens is 404 g/mol. The number of carbonyl (C=O) groups excluding carboxylic acids is 1. The van der Waals surface area contributed by atoms with Crippen molar-refractivity contribution in [1.82, 2.24) is 20.1 Å². The quantitative estimate of drug-likeness (QED) is 0.518. The monoisotopic (exact) mass is 426 g/mol. The average Bonchev–Trinajstić information content (AvgIpc) is 3.31. The number of para-hydroxylation sites is 1. The van der Waals surface area contributed by atoms with E-state index >= 15 is 0 Å². The maximum atomic E-state index is 13.3. The molecule has 5 rings (SSSR count). The van der Waals surface area contributed by atoms with Gasteiger partial charge in [-0.3, -0.25) is 9.78 Å². The highest BCUT2D eigenvalue weighted by Gasteiger charge is 2.22. The highest BCUT2D eigenvalue weighted by Crippen LogP contribution is 2.33. The van der Waals surface area contributed by atoms with Crippen molar-refractivity contribution in [1.29, 1.82) is 0 Å². The summed E-state index contributed by atoms with van der Waals surface area (Å²) in [6.45, 7) is 3.00. The van der Waals surface area contributed by atoms with Crippen LogP contribution in [0.3, 0.4) is 0 Å². The number of aromatic nitrogens is 3. The van der Waals surface area contributed by atoms with E-state index in [1.54, 1.807) is 23.3 Å². The maximum Gasteiger partial charge on any atom is 0.255 e. The summed E-state index contributed by atoms with van der Waals surface area (Å²) < 4.78 is 13.0. The topological polar surface area (TPSA) is 78.3 Å². The van der Waals surface area contributed by atoms with E-state index < -0.39 is 0 Å². The first-order valence-electron chi connectivity index (χ1n) is 10.4. The fourth-order valence-corrected chi connectivity index (χ4v) is 3.66. The number of hydrogen-bond donors (Lipinski definition) is 1. The Bertz CT molecular complexity index is 1240. The molecule has 3 heterocycles. The Hall–Kier alpha value is -4.13. The van der Waals surface area contributed by atoms with Crippen LogP contribution in [0.4, 0.5) is 0 Å². The van der Waals surface area contributed by atoms with Gasteiger partial charge in [0, 0.05) is 24.2 Å². The van der Waals surface area contributed by atoms with Gasteiger partial charge in [-0.2, -0.15) is 5.10 Å². The van der Waals surface area contributed by atoms with Crippen LogP contribution < -0.4 is 14.8 Å². The fraction of sp³-hybridized carbons (Fsp3) is 0.160. The molecule has 1 N–H and O–H groups in total. The molecule has 7 nitrogen and oxygen atoms in total. The van der Waals surface area contributed by atoms with Crippen molar-refractivity contribution in [2.45, 2.75) is 13.0 Å². The van der Waals surface area contributed by atoms with Crippen molar-refractivity contribution in [3.05, 3.63) is 90.4 Å². The molecule has 2 aromatic carbocycles. The Balaban J connectivity index is 1.45. The van der Waals surface area contributed by atoms with Crippen LogP contribution in [-0.4, -0.2) is 33.9 Å². The minimum Gasteiger partial charge on any atom is -0.486 e. The molecule has 0 aliphatic carbocycles. The van der Waals surface area contributed by atoms with Crippen molar-refractivity contribution >= 4 is 5.91 Å². The van der Waals surface area contributed by atoms with Crippen LogP contribution in [0.25, 0.3) is 16.9 Å². The Morgan fingerprint density at radius 3 is 2.62 bits per heavy atom. The predicted octanol–water partition coefficient (Wildman–Crippen LogP) is 4.20. The number of pyridine rings is 1. The van der Waals surface area contributed by atoms with Crippen LogP contribution in [-0.2, 0) is 0 Å². The van der Waals surface area contributed by atoms with Crippen molar-refractivity contribution < 1.29 is 14.3 Å². The molecule has 7 heteroatoms. The summed E-state index contributed by atoms with van der Waals surface area (Å²) in [6.07, 6.45) is 5.16. The highest BCUT2D eigenvalue weighted by atomic mass is 16.6. The smallest absolute Gasteiger partial charge is 0.255 e. The lowest BCUT2D eigenvalue weighted by molar-refractivity contribution is 0.0940. The second-order valence-electron chi connectivity index (χ2n) is 7.51. The zero-order valence-corrected chi connectivity index (χ0v) is 17.6. The van der Waals surface area contributed by atoms with Crippen LogP contribution in [0.15, 0.2) is 79.3 Å². The number of nitrogens with one attached hydrogen (secondary N) is 1. The van der Waals surface area contributed by atoms with Gasteiger partial charge in [0.25, 0.3) is 5.91 Å². The molecule has 0 radical (unpaired) electrons. The lowest BCUT2D eigenvalue weighted by atomic mass is 10.1. The average molecular weight is 426 g/mol. The third-order valence-corrected chi connectivity index (χ3v) is 5.33. The minimum atomic E-state index is -0.236. The van der Waals surface area contributed by atoms with Gasteiger partial charge in [0.15, 0.2) is 11.5 Å². The Morgan fingerprint density at radius 1 is 1.03 bits per heavy atom. The molecule has 1 amide bonds. The molecule has 0 saturated carbocycles. The normalized spacial score (nSPS) is 13.4. The first kappa shape index (κ1) is 19.8. The van der Waals surface area contributed by atoms with E-state index in [4.69, 9.17) is 9.47 Å². The molecule has 160 valence electrons. The van der Waals surface area contributed by atoms with E-state index in [1.807, 2.05) is 67.6 Å². The Morgan fingerprint density at radius 2 is 1.84 bits per heavy atom. The van der Waals surface area contributed by atoms with Crippen LogP contribution >= 0.6 is 0 Å². The first-order valence-corrected chi connectivity index (χ1v) is 10.4. The van der Waals surface area contributed by atoms with E-state index in [0.717, 1.165) is 22.6 Å². The molecule has 1 aliphatic heterocycles. The van der Waals surface area contributed by atoms with E-state index in [-0.39, 0.29) is 11.9 Å². The van der Waals surface area contributed by atoms with Gasteiger partial charge in [0.05, 0.1) is 17.3 Å². The second-order valence-corrected chi connectivity index (χ2v) is 7.51. The first-order chi connectivity index (χ1) is 15.7. The molecule has 0 unspecified atom stereocenters. The summed E-state index contributed by atoms with van der Waals surface area (Å²) in [5.41, 5.74) is 3.64. The molecular formula is C25H22N4O3. The van der Waals surface area contributed by atoms with Gasteiger partial charge in [-0.1, -0.05) is 24.3 Å². The molecule has 0 fully saturated rings. The minimum absolute atomic E-state index is 0.214. The number of carbonyl (C=O) groups is 1. The summed E-state index contributed by atoms with van der Waals surface area (Å²) >= 11 is 0. The Kier molecular flexibility index (Phi) is 5.29.